The van der Waals surface area contributed by atoms with E-state index < -0.39 is 0 Å². The van der Waals surface area contributed by atoms with E-state index in [4.69, 9.17) is 4.74 Å². The molecule has 0 radical (unpaired) electrons. The van der Waals surface area contributed by atoms with Gasteiger partial charge in [-0.15, -0.1) is 0 Å². The standard InChI is InChI=1S/C20H19N4OS/c1-23-13-17(25-3)26-20(23)22-21-18-15-11-7-8-12-16(15)24(2)19(18)14-9-5-4-6-10-14/h4-13H,1-3H3/q+1. The summed E-state index contributed by atoms with van der Waals surface area (Å²) in [5.74, 6) is 0. The lowest BCUT2D eigenvalue weighted by atomic mass is 10.1. The smallest absolute Gasteiger partial charge is 0.411 e. The molecule has 0 bridgehead atoms. The Labute approximate surface area is 155 Å². The fraction of sp³-hybridized carbons (Fsp3) is 0.150. The molecule has 130 valence electrons. The number of rotatable bonds is 4. The van der Waals surface area contributed by atoms with E-state index in [1.807, 2.05) is 48.1 Å². The molecule has 26 heavy (non-hydrogen) atoms. The van der Waals surface area contributed by atoms with Gasteiger partial charge in [0.05, 0.1) is 30.5 Å². The Kier molecular flexibility index (Phi) is 4.26. The number of para-hydroxylation sites is 1. The average Bonchev–Trinajstić information content (AvgIpc) is 3.18. The fourth-order valence-electron chi connectivity index (χ4n) is 3.08. The van der Waals surface area contributed by atoms with Crippen LogP contribution < -0.4 is 9.30 Å². The number of ether oxygens (including phenoxy) is 1. The third kappa shape index (κ3) is 2.78. The van der Waals surface area contributed by atoms with Gasteiger partial charge in [-0.2, -0.15) is 0 Å². The summed E-state index contributed by atoms with van der Waals surface area (Å²) in [4.78, 5) is 0. The van der Waals surface area contributed by atoms with Gasteiger partial charge in [0.15, 0.2) is 0 Å². The Balaban J connectivity index is 1.91. The molecule has 4 rings (SSSR count). The molecule has 0 aliphatic rings. The molecule has 2 aromatic carbocycles. The molecular weight excluding hydrogens is 344 g/mol. The van der Waals surface area contributed by atoms with Gasteiger partial charge in [0.2, 0.25) is 5.06 Å². The first-order valence-electron chi connectivity index (χ1n) is 8.27. The van der Waals surface area contributed by atoms with Gasteiger partial charge in [-0.25, -0.2) is 4.57 Å². The van der Waals surface area contributed by atoms with Gasteiger partial charge in [-0.05, 0) is 22.5 Å². The van der Waals surface area contributed by atoms with Gasteiger partial charge in [-0.3, -0.25) is 0 Å². The second-order valence-corrected chi connectivity index (χ2v) is 6.96. The van der Waals surface area contributed by atoms with Gasteiger partial charge in [0, 0.05) is 18.0 Å². The van der Waals surface area contributed by atoms with Crippen molar-refractivity contribution in [3.63, 3.8) is 0 Å². The van der Waals surface area contributed by atoms with Gasteiger partial charge in [0.1, 0.15) is 11.9 Å². The van der Waals surface area contributed by atoms with Crippen LogP contribution in [-0.4, -0.2) is 11.7 Å². The van der Waals surface area contributed by atoms with Crippen LogP contribution in [0.5, 0.6) is 5.06 Å². The van der Waals surface area contributed by atoms with E-state index in [0.717, 1.165) is 38.0 Å². The zero-order valence-corrected chi connectivity index (χ0v) is 15.7. The van der Waals surface area contributed by atoms with Gasteiger partial charge in [0.25, 0.3) is 0 Å². The van der Waals surface area contributed by atoms with Crippen molar-refractivity contribution in [2.75, 3.05) is 7.11 Å². The molecule has 5 nitrogen and oxygen atoms in total. The maximum absolute atomic E-state index is 5.29. The summed E-state index contributed by atoms with van der Waals surface area (Å²) in [5.41, 5.74) is 4.19. The molecule has 6 heteroatoms. The summed E-state index contributed by atoms with van der Waals surface area (Å²) < 4.78 is 9.38. The number of hydrogen-bond donors (Lipinski definition) is 0. The second kappa shape index (κ2) is 6.72. The molecule has 0 unspecified atom stereocenters. The van der Waals surface area contributed by atoms with Crippen molar-refractivity contribution in [2.24, 2.45) is 24.3 Å². The van der Waals surface area contributed by atoms with E-state index in [9.17, 15) is 0 Å². The Morgan fingerprint density at radius 3 is 2.46 bits per heavy atom. The molecule has 0 amide bonds. The lowest BCUT2D eigenvalue weighted by molar-refractivity contribution is -0.654. The number of aryl methyl sites for hydroxylation is 2. The average molecular weight is 363 g/mol. The second-order valence-electron chi connectivity index (χ2n) is 5.99. The highest BCUT2D eigenvalue weighted by Crippen LogP contribution is 2.40. The monoisotopic (exact) mass is 363 g/mol. The van der Waals surface area contributed by atoms with Gasteiger partial charge in [-0.1, -0.05) is 48.5 Å². The molecule has 0 atom stereocenters. The summed E-state index contributed by atoms with van der Waals surface area (Å²) in [7, 11) is 5.66. The van der Waals surface area contributed by atoms with Crippen LogP contribution in [0, 0.1) is 0 Å². The first-order chi connectivity index (χ1) is 12.7. The van der Waals surface area contributed by atoms with Crippen molar-refractivity contribution in [1.29, 1.82) is 0 Å². The number of fused-ring (bicyclic) bond motifs is 1. The zero-order valence-electron chi connectivity index (χ0n) is 14.9. The third-order valence-corrected chi connectivity index (χ3v) is 5.38. The SMILES string of the molecule is COc1c[n+](C)c(N=Nc2c(-c3ccccc3)n(C)c3ccccc23)s1. The molecule has 0 fully saturated rings. The number of thiazole rings is 1. The van der Waals surface area contributed by atoms with E-state index in [1.54, 1.807) is 7.11 Å². The maximum Gasteiger partial charge on any atom is 0.411 e. The minimum Gasteiger partial charge on any atom is -0.484 e. The number of hydrogen-bond acceptors (Lipinski definition) is 4. The first-order valence-corrected chi connectivity index (χ1v) is 9.08. The Hall–Kier alpha value is -2.99. The predicted octanol–water partition coefficient (Wildman–Crippen LogP) is 5.16. The lowest BCUT2D eigenvalue weighted by Crippen LogP contribution is -2.23. The van der Waals surface area contributed by atoms with Crippen LogP contribution in [0.4, 0.5) is 10.8 Å². The van der Waals surface area contributed by atoms with E-state index in [-0.39, 0.29) is 0 Å². The number of azo groups is 1. The van der Waals surface area contributed by atoms with Crippen molar-refractivity contribution in [1.82, 2.24) is 4.57 Å². The highest BCUT2D eigenvalue weighted by molar-refractivity contribution is 7.16. The van der Waals surface area contributed by atoms with E-state index in [2.05, 4.69) is 46.1 Å². The van der Waals surface area contributed by atoms with Crippen molar-refractivity contribution < 1.29 is 9.30 Å². The third-order valence-electron chi connectivity index (χ3n) is 4.36. The molecular formula is C20H19N4OS+. The number of benzene rings is 2. The molecule has 0 spiro atoms. The molecule has 4 aromatic rings. The lowest BCUT2D eigenvalue weighted by Gasteiger charge is -2.04. The highest BCUT2D eigenvalue weighted by atomic mass is 32.1. The molecule has 0 N–H and O–H groups in total. The van der Waals surface area contributed by atoms with Crippen LogP contribution in [0.3, 0.4) is 0 Å². The van der Waals surface area contributed by atoms with E-state index >= 15 is 0 Å². The number of methoxy groups -OCH3 is 1. The molecule has 0 aliphatic carbocycles. The normalized spacial score (nSPS) is 11.5. The van der Waals surface area contributed by atoms with Gasteiger partial charge >= 0.3 is 5.13 Å². The minimum atomic E-state index is 0.786. The minimum absolute atomic E-state index is 0.786. The van der Waals surface area contributed by atoms with Crippen molar-refractivity contribution >= 4 is 33.1 Å². The van der Waals surface area contributed by atoms with Crippen LogP contribution in [0.1, 0.15) is 0 Å². The van der Waals surface area contributed by atoms with Crippen LogP contribution >= 0.6 is 11.3 Å². The zero-order chi connectivity index (χ0) is 18.1. The predicted molar refractivity (Wildman–Crippen MR) is 105 cm³/mol. The summed E-state index contributed by atoms with van der Waals surface area (Å²) >= 11 is 1.47. The molecule has 2 aromatic heterocycles. The number of nitrogens with zero attached hydrogens (tertiary/aromatic N) is 4. The van der Waals surface area contributed by atoms with Crippen LogP contribution in [0.25, 0.3) is 22.2 Å². The van der Waals surface area contributed by atoms with E-state index in [1.165, 1.54) is 11.3 Å². The van der Waals surface area contributed by atoms with E-state index in [0.29, 0.717) is 0 Å². The van der Waals surface area contributed by atoms with Crippen LogP contribution in [0.2, 0.25) is 0 Å². The van der Waals surface area contributed by atoms with Crippen molar-refractivity contribution in [3.05, 3.63) is 60.8 Å². The summed E-state index contributed by atoms with van der Waals surface area (Å²) in [6, 6.07) is 18.6. The summed E-state index contributed by atoms with van der Waals surface area (Å²) in [6.07, 6.45) is 1.90. The molecule has 2 heterocycles. The molecule has 0 saturated carbocycles. The molecule has 0 saturated heterocycles. The van der Waals surface area contributed by atoms with Crippen molar-refractivity contribution in [2.45, 2.75) is 0 Å². The Bertz CT molecular complexity index is 1100. The quantitative estimate of drug-likeness (QED) is 0.365. The summed E-state index contributed by atoms with van der Waals surface area (Å²) in [5, 5.41) is 11.8. The number of aromatic nitrogens is 2. The largest absolute Gasteiger partial charge is 0.484 e. The fourth-order valence-corrected chi connectivity index (χ4v) is 3.83. The van der Waals surface area contributed by atoms with Crippen LogP contribution in [-0.2, 0) is 14.1 Å². The van der Waals surface area contributed by atoms with Gasteiger partial charge < -0.3 is 9.30 Å². The summed E-state index contributed by atoms with van der Waals surface area (Å²) in [6.45, 7) is 0. The Morgan fingerprint density at radius 2 is 1.73 bits per heavy atom. The first kappa shape index (κ1) is 16.5. The molecule has 0 aliphatic heterocycles. The highest BCUT2D eigenvalue weighted by Gasteiger charge is 2.19. The maximum atomic E-state index is 5.29. The topological polar surface area (TPSA) is 42.8 Å². The Morgan fingerprint density at radius 1 is 1.00 bits per heavy atom. The van der Waals surface area contributed by atoms with Crippen LogP contribution in [0.15, 0.2) is 71.0 Å². The van der Waals surface area contributed by atoms with Crippen molar-refractivity contribution in [3.8, 4) is 16.3 Å².